The van der Waals surface area contributed by atoms with Gasteiger partial charge in [-0.1, -0.05) is 6.58 Å². The minimum atomic E-state index is -3.63. The summed E-state index contributed by atoms with van der Waals surface area (Å²) in [5.41, 5.74) is 0.997. The number of hydrogen-bond donors (Lipinski definition) is 3. The second kappa shape index (κ2) is 9.75. The topological polar surface area (TPSA) is 100 Å². The zero-order valence-electron chi connectivity index (χ0n) is 16.2. The van der Waals surface area contributed by atoms with Gasteiger partial charge in [-0.3, -0.25) is 9.52 Å². The number of sulfonamides is 1. The van der Waals surface area contributed by atoms with Gasteiger partial charge in [0.25, 0.3) is 15.9 Å². The third-order valence-corrected chi connectivity index (χ3v) is 7.12. The number of allylic oxidation sites excluding steroid dienone is 1. The van der Waals surface area contributed by atoms with Crippen LogP contribution in [0.25, 0.3) is 10.1 Å². The van der Waals surface area contributed by atoms with Crippen LogP contribution in [-0.2, 0) is 10.0 Å². The number of fused-ring (bicyclic) bond motifs is 1. The Labute approximate surface area is 193 Å². The molecule has 0 saturated heterocycles. The van der Waals surface area contributed by atoms with Crippen molar-refractivity contribution in [1.82, 2.24) is 14.4 Å². The molecule has 30 heavy (non-hydrogen) atoms. The maximum atomic E-state index is 12.3. The lowest BCUT2D eigenvalue weighted by atomic mass is 10.2. The number of nitrogens with one attached hydrogen (secondary N) is 3. The molecule has 0 radical (unpaired) electrons. The fraction of sp³-hybridized carbons (Fsp3) is 0.200. The maximum absolute atomic E-state index is 12.3. The predicted molar refractivity (Wildman–Crippen MR) is 129 cm³/mol. The van der Waals surface area contributed by atoms with Crippen LogP contribution in [0.3, 0.4) is 0 Å². The molecule has 1 amide bonds. The molecule has 158 valence electrons. The van der Waals surface area contributed by atoms with Gasteiger partial charge >= 0.3 is 0 Å². The summed E-state index contributed by atoms with van der Waals surface area (Å²) in [6.45, 7) is 6.33. The highest BCUT2D eigenvalue weighted by Crippen LogP contribution is 2.29. The van der Waals surface area contributed by atoms with E-state index in [1.54, 1.807) is 37.3 Å². The number of halogens is 1. The van der Waals surface area contributed by atoms with Crippen molar-refractivity contribution in [2.45, 2.75) is 18.2 Å². The Bertz CT molecular complexity index is 1170. The van der Waals surface area contributed by atoms with Crippen molar-refractivity contribution in [3.8, 4) is 0 Å². The van der Waals surface area contributed by atoms with Crippen LogP contribution >= 0.6 is 34.1 Å². The number of carbonyl (C=O) groups excluding carboxylic acids is 1. The summed E-state index contributed by atoms with van der Waals surface area (Å²) in [5, 5.41) is 7.00. The van der Waals surface area contributed by atoms with E-state index < -0.39 is 10.0 Å². The van der Waals surface area contributed by atoms with Gasteiger partial charge in [0, 0.05) is 33.3 Å². The van der Waals surface area contributed by atoms with Crippen LogP contribution in [0.1, 0.15) is 23.7 Å². The lowest BCUT2D eigenvalue weighted by Gasteiger charge is -2.08. The van der Waals surface area contributed by atoms with E-state index in [9.17, 15) is 13.2 Å². The van der Waals surface area contributed by atoms with Crippen LogP contribution in [0.4, 0.5) is 5.82 Å². The molecule has 3 rings (SSSR count). The summed E-state index contributed by atoms with van der Waals surface area (Å²) in [6, 6.07) is 12.3. The van der Waals surface area contributed by atoms with Crippen molar-refractivity contribution < 1.29 is 13.2 Å². The quantitative estimate of drug-likeness (QED) is 0.274. The molecule has 0 atom stereocenters. The van der Waals surface area contributed by atoms with Crippen LogP contribution < -0.4 is 15.4 Å². The van der Waals surface area contributed by atoms with Crippen molar-refractivity contribution in [1.29, 1.82) is 0 Å². The van der Waals surface area contributed by atoms with E-state index in [1.165, 1.54) is 11.5 Å². The van der Waals surface area contributed by atoms with E-state index in [1.807, 2.05) is 12.1 Å². The number of aromatic nitrogens is 1. The normalized spacial score (nSPS) is 11.3. The third-order valence-electron chi connectivity index (χ3n) is 4.10. The lowest BCUT2D eigenvalue weighted by molar-refractivity contribution is 0.0953. The van der Waals surface area contributed by atoms with Crippen LogP contribution in [0.15, 0.2) is 59.6 Å². The largest absolute Gasteiger partial charge is 0.369 e. The van der Waals surface area contributed by atoms with Crippen molar-refractivity contribution in [3.05, 3.63) is 63.9 Å². The standard InChI is InChI=1S/C20H21IN4O3S2/c1-13(2)25-30(27,28)16-8-9-17-18(12-16)29-24-19(17)22-10-3-11-23-20(26)14-4-6-15(21)7-5-14/h4-9,12,25H,1,3,10-11H2,2H3,(H,22,24)(H,23,26). The molecule has 0 fully saturated rings. The fourth-order valence-corrected chi connectivity index (χ4v) is 5.03. The highest BCUT2D eigenvalue weighted by molar-refractivity contribution is 14.1. The molecule has 0 saturated carbocycles. The van der Waals surface area contributed by atoms with Crippen LogP contribution in [0.2, 0.25) is 0 Å². The number of benzene rings is 2. The molecule has 3 aromatic rings. The SMILES string of the molecule is C=C(C)NS(=O)(=O)c1ccc2c(NCCCNC(=O)c3ccc(I)cc3)nsc2c1. The Hall–Kier alpha value is -2.18. The number of amides is 1. The molecular formula is C20H21IN4O3S2. The first-order valence-electron chi connectivity index (χ1n) is 9.12. The zero-order valence-corrected chi connectivity index (χ0v) is 20.0. The highest BCUT2D eigenvalue weighted by atomic mass is 127. The summed E-state index contributed by atoms with van der Waals surface area (Å²) in [7, 11) is -3.63. The van der Waals surface area contributed by atoms with Gasteiger partial charge in [0.2, 0.25) is 0 Å². The molecule has 7 nitrogen and oxygen atoms in total. The van der Waals surface area contributed by atoms with Gasteiger partial charge in [-0.25, -0.2) is 8.42 Å². The van der Waals surface area contributed by atoms with Gasteiger partial charge in [-0.05, 0) is 89.9 Å². The first-order valence-corrected chi connectivity index (χ1v) is 12.5. The molecule has 0 spiro atoms. The maximum Gasteiger partial charge on any atom is 0.261 e. The molecular weight excluding hydrogens is 535 g/mol. The molecule has 0 unspecified atom stereocenters. The Kier molecular flexibility index (Phi) is 7.32. The summed E-state index contributed by atoms with van der Waals surface area (Å²) < 4.78 is 33.2. The minimum Gasteiger partial charge on any atom is -0.369 e. The number of rotatable bonds is 9. The van der Waals surface area contributed by atoms with Crippen molar-refractivity contribution >= 4 is 66.0 Å². The van der Waals surface area contributed by atoms with Gasteiger partial charge < -0.3 is 10.6 Å². The third kappa shape index (κ3) is 5.70. The van der Waals surface area contributed by atoms with Crippen molar-refractivity contribution in [2.24, 2.45) is 0 Å². The van der Waals surface area contributed by atoms with Gasteiger partial charge in [0.1, 0.15) is 5.82 Å². The average Bonchev–Trinajstić information content (AvgIpc) is 3.09. The zero-order chi connectivity index (χ0) is 21.7. The summed E-state index contributed by atoms with van der Waals surface area (Å²) in [5.74, 6) is 0.610. The highest BCUT2D eigenvalue weighted by Gasteiger charge is 2.16. The molecule has 0 aliphatic rings. The van der Waals surface area contributed by atoms with Gasteiger partial charge in [0.15, 0.2) is 0 Å². The predicted octanol–water partition coefficient (Wildman–Crippen LogP) is 3.94. The summed E-state index contributed by atoms with van der Waals surface area (Å²) in [4.78, 5) is 12.3. The van der Waals surface area contributed by atoms with Crippen molar-refractivity contribution in [2.75, 3.05) is 18.4 Å². The molecule has 1 heterocycles. The van der Waals surface area contributed by atoms with Crippen LogP contribution in [0, 0.1) is 3.57 Å². The second-order valence-corrected chi connectivity index (χ2v) is 10.4. The van der Waals surface area contributed by atoms with E-state index in [0.29, 0.717) is 30.2 Å². The van der Waals surface area contributed by atoms with E-state index in [-0.39, 0.29) is 10.8 Å². The first kappa shape index (κ1) is 22.5. The minimum absolute atomic E-state index is 0.0948. The monoisotopic (exact) mass is 556 g/mol. The van der Waals surface area contributed by atoms with E-state index in [0.717, 1.165) is 20.1 Å². The van der Waals surface area contributed by atoms with Crippen molar-refractivity contribution in [3.63, 3.8) is 0 Å². The summed E-state index contributed by atoms with van der Waals surface area (Å²) in [6.07, 6.45) is 0.726. The Morgan fingerprint density at radius 3 is 2.60 bits per heavy atom. The molecule has 10 heteroatoms. The van der Waals surface area contributed by atoms with E-state index in [4.69, 9.17) is 0 Å². The summed E-state index contributed by atoms with van der Waals surface area (Å²) >= 11 is 3.43. The van der Waals surface area contributed by atoms with Gasteiger partial charge in [0.05, 0.1) is 9.60 Å². The molecule has 1 aromatic heterocycles. The number of nitrogens with zero attached hydrogens (tertiary/aromatic N) is 1. The molecule has 3 N–H and O–H groups in total. The van der Waals surface area contributed by atoms with Crippen LogP contribution in [-0.4, -0.2) is 31.8 Å². The number of hydrogen-bond acceptors (Lipinski definition) is 6. The number of carbonyl (C=O) groups is 1. The molecule has 0 bridgehead atoms. The lowest BCUT2D eigenvalue weighted by Crippen LogP contribution is -2.25. The molecule has 0 aliphatic heterocycles. The Balaban J connectivity index is 1.53. The molecule has 0 aliphatic carbocycles. The van der Waals surface area contributed by atoms with E-state index >= 15 is 0 Å². The first-order chi connectivity index (χ1) is 14.3. The molecule has 2 aromatic carbocycles. The second-order valence-electron chi connectivity index (χ2n) is 6.62. The average molecular weight is 556 g/mol. The smallest absolute Gasteiger partial charge is 0.261 e. The Morgan fingerprint density at radius 2 is 1.90 bits per heavy atom. The number of anilines is 1. The van der Waals surface area contributed by atoms with Gasteiger partial charge in [-0.2, -0.15) is 4.37 Å². The Morgan fingerprint density at radius 1 is 1.17 bits per heavy atom. The fourth-order valence-electron chi connectivity index (χ4n) is 2.70. The van der Waals surface area contributed by atoms with Crippen LogP contribution in [0.5, 0.6) is 0 Å². The van der Waals surface area contributed by atoms with Gasteiger partial charge in [-0.15, -0.1) is 0 Å². The van der Waals surface area contributed by atoms with E-state index in [2.05, 4.69) is 48.9 Å².